The fourth-order valence-electron chi connectivity index (χ4n) is 2.54. The van der Waals surface area contributed by atoms with Crippen molar-refractivity contribution in [1.29, 1.82) is 0 Å². The molecule has 2 aromatic heterocycles. The van der Waals surface area contributed by atoms with Crippen LogP contribution in [0.15, 0.2) is 48.8 Å². The molecule has 0 fully saturated rings. The maximum atomic E-state index is 12.7. The van der Waals surface area contributed by atoms with E-state index in [1.165, 1.54) is 0 Å². The van der Waals surface area contributed by atoms with Crippen molar-refractivity contribution in [3.8, 4) is 11.3 Å². The van der Waals surface area contributed by atoms with Gasteiger partial charge >= 0.3 is 0 Å². The van der Waals surface area contributed by atoms with Crippen molar-refractivity contribution < 1.29 is 4.79 Å². The van der Waals surface area contributed by atoms with Gasteiger partial charge in [-0.15, -0.1) is 0 Å². The summed E-state index contributed by atoms with van der Waals surface area (Å²) in [5, 5.41) is 4.28. The summed E-state index contributed by atoms with van der Waals surface area (Å²) >= 11 is 6.12. The highest BCUT2D eigenvalue weighted by Gasteiger charge is 2.14. The third kappa shape index (κ3) is 4.13. The number of carbonyl (C=O) groups is 1. The topological polar surface area (TPSA) is 58.1 Å². The lowest BCUT2D eigenvalue weighted by Crippen LogP contribution is -2.31. The number of pyridine rings is 2. The van der Waals surface area contributed by atoms with Gasteiger partial charge in [-0.25, -0.2) is 4.98 Å². The van der Waals surface area contributed by atoms with Crippen molar-refractivity contribution in [1.82, 2.24) is 20.2 Å². The number of halogens is 1. The molecule has 6 heteroatoms. The molecule has 0 aliphatic heterocycles. The van der Waals surface area contributed by atoms with Crippen molar-refractivity contribution in [2.75, 3.05) is 27.2 Å². The van der Waals surface area contributed by atoms with Crippen molar-refractivity contribution >= 4 is 28.4 Å². The Morgan fingerprint density at radius 1 is 1.16 bits per heavy atom. The Bertz CT molecular complexity index is 897. The summed E-state index contributed by atoms with van der Waals surface area (Å²) in [6, 6.07) is 10.9. The molecule has 25 heavy (non-hydrogen) atoms. The van der Waals surface area contributed by atoms with Gasteiger partial charge in [0.2, 0.25) is 0 Å². The number of rotatable bonds is 5. The zero-order chi connectivity index (χ0) is 17.8. The van der Waals surface area contributed by atoms with Gasteiger partial charge in [-0.05, 0) is 50.5 Å². The van der Waals surface area contributed by atoms with Crippen LogP contribution in [0.5, 0.6) is 0 Å². The summed E-state index contributed by atoms with van der Waals surface area (Å²) in [5.74, 6) is -0.133. The van der Waals surface area contributed by atoms with Crippen LogP contribution < -0.4 is 5.32 Å². The molecule has 0 saturated carbocycles. The first-order valence-corrected chi connectivity index (χ1v) is 8.36. The van der Waals surface area contributed by atoms with E-state index in [0.29, 0.717) is 17.1 Å². The molecular formula is C19H19ClN4O. The van der Waals surface area contributed by atoms with Crippen molar-refractivity contribution in [2.45, 2.75) is 0 Å². The maximum Gasteiger partial charge on any atom is 0.252 e. The number of aromatic nitrogens is 2. The van der Waals surface area contributed by atoms with Gasteiger partial charge < -0.3 is 10.2 Å². The lowest BCUT2D eigenvalue weighted by molar-refractivity contribution is 0.0952. The Labute approximate surface area is 151 Å². The smallest absolute Gasteiger partial charge is 0.252 e. The van der Waals surface area contributed by atoms with Crippen LogP contribution in [0.3, 0.4) is 0 Å². The highest BCUT2D eigenvalue weighted by atomic mass is 35.5. The molecule has 0 radical (unpaired) electrons. The van der Waals surface area contributed by atoms with E-state index in [2.05, 4.69) is 15.3 Å². The standard InChI is InChI=1S/C19H19ClN4O/c1-24(2)10-9-22-19(25)16-12-18(13-5-7-21-8-6-13)23-17-4-3-14(20)11-15(16)17/h3-8,11-12H,9-10H2,1-2H3,(H,22,25). The zero-order valence-electron chi connectivity index (χ0n) is 14.2. The third-order valence-corrected chi connectivity index (χ3v) is 4.07. The van der Waals surface area contributed by atoms with Gasteiger partial charge in [0.25, 0.3) is 5.91 Å². The Morgan fingerprint density at radius 2 is 1.92 bits per heavy atom. The third-order valence-electron chi connectivity index (χ3n) is 3.84. The second kappa shape index (κ2) is 7.59. The number of carbonyl (C=O) groups excluding carboxylic acids is 1. The Hall–Kier alpha value is -2.50. The number of amides is 1. The monoisotopic (exact) mass is 354 g/mol. The van der Waals surface area contributed by atoms with Gasteiger partial charge in [0.15, 0.2) is 0 Å². The van der Waals surface area contributed by atoms with Gasteiger partial charge in [-0.1, -0.05) is 11.6 Å². The second-order valence-electron chi connectivity index (χ2n) is 6.01. The zero-order valence-corrected chi connectivity index (χ0v) is 14.9. The summed E-state index contributed by atoms with van der Waals surface area (Å²) in [7, 11) is 3.94. The summed E-state index contributed by atoms with van der Waals surface area (Å²) in [4.78, 5) is 23.4. The summed E-state index contributed by atoms with van der Waals surface area (Å²) in [5.41, 5.74) is 2.94. The maximum absolute atomic E-state index is 12.7. The van der Waals surface area contributed by atoms with Crippen molar-refractivity contribution in [2.24, 2.45) is 0 Å². The van der Waals surface area contributed by atoms with E-state index in [-0.39, 0.29) is 5.91 Å². The Kier molecular flexibility index (Phi) is 5.26. The van der Waals surface area contributed by atoms with Crippen LogP contribution in [0.2, 0.25) is 5.02 Å². The average Bonchev–Trinajstić information content (AvgIpc) is 2.61. The molecule has 3 rings (SSSR count). The minimum Gasteiger partial charge on any atom is -0.351 e. The summed E-state index contributed by atoms with van der Waals surface area (Å²) in [6.45, 7) is 1.34. The molecule has 0 atom stereocenters. The number of hydrogen-bond acceptors (Lipinski definition) is 4. The lowest BCUT2D eigenvalue weighted by Gasteiger charge is -2.13. The number of likely N-dealkylation sites (N-methyl/N-ethyl adjacent to an activating group) is 1. The highest BCUT2D eigenvalue weighted by Crippen LogP contribution is 2.26. The van der Waals surface area contributed by atoms with E-state index in [4.69, 9.17) is 11.6 Å². The number of benzene rings is 1. The fraction of sp³-hybridized carbons (Fsp3) is 0.211. The normalized spacial score (nSPS) is 11.0. The van der Waals surface area contributed by atoms with Gasteiger partial charge in [0.1, 0.15) is 0 Å². The van der Waals surface area contributed by atoms with Crippen LogP contribution >= 0.6 is 11.6 Å². The first-order valence-electron chi connectivity index (χ1n) is 7.98. The molecule has 0 spiro atoms. The van der Waals surface area contributed by atoms with Crippen LogP contribution in [0.25, 0.3) is 22.2 Å². The van der Waals surface area contributed by atoms with E-state index in [1.54, 1.807) is 30.6 Å². The number of fused-ring (bicyclic) bond motifs is 1. The average molecular weight is 355 g/mol. The van der Waals surface area contributed by atoms with E-state index >= 15 is 0 Å². The van der Waals surface area contributed by atoms with E-state index < -0.39 is 0 Å². The van der Waals surface area contributed by atoms with Gasteiger partial charge in [0, 0.05) is 41.5 Å². The fourth-order valence-corrected chi connectivity index (χ4v) is 2.72. The highest BCUT2D eigenvalue weighted by molar-refractivity contribution is 6.31. The first-order chi connectivity index (χ1) is 12.0. The van der Waals surface area contributed by atoms with Gasteiger partial charge in [0.05, 0.1) is 16.8 Å². The molecule has 1 amide bonds. The molecule has 0 unspecified atom stereocenters. The summed E-state index contributed by atoms with van der Waals surface area (Å²) < 4.78 is 0. The molecule has 5 nitrogen and oxygen atoms in total. The SMILES string of the molecule is CN(C)CCNC(=O)c1cc(-c2ccncc2)nc2ccc(Cl)cc12. The van der Waals surface area contributed by atoms with Crippen LogP contribution in [0.4, 0.5) is 0 Å². The van der Waals surface area contributed by atoms with Crippen molar-refractivity contribution in [3.63, 3.8) is 0 Å². The van der Waals surface area contributed by atoms with E-state index in [9.17, 15) is 4.79 Å². The Morgan fingerprint density at radius 3 is 2.64 bits per heavy atom. The molecule has 1 aromatic carbocycles. The molecule has 0 aliphatic rings. The molecule has 3 aromatic rings. The molecule has 1 N–H and O–H groups in total. The largest absolute Gasteiger partial charge is 0.351 e. The summed E-state index contributed by atoms with van der Waals surface area (Å²) in [6.07, 6.45) is 3.42. The van der Waals surface area contributed by atoms with E-state index in [0.717, 1.165) is 28.7 Å². The van der Waals surface area contributed by atoms with Crippen LogP contribution in [-0.4, -0.2) is 48.0 Å². The van der Waals surface area contributed by atoms with Gasteiger partial charge in [-0.3, -0.25) is 9.78 Å². The quantitative estimate of drug-likeness (QED) is 0.764. The predicted octanol–water partition coefficient (Wildman–Crippen LogP) is 3.24. The lowest BCUT2D eigenvalue weighted by atomic mass is 10.0. The number of nitrogens with one attached hydrogen (secondary N) is 1. The van der Waals surface area contributed by atoms with Crippen LogP contribution in [-0.2, 0) is 0 Å². The van der Waals surface area contributed by atoms with E-state index in [1.807, 2.05) is 37.2 Å². The minimum absolute atomic E-state index is 0.133. The second-order valence-corrected chi connectivity index (χ2v) is 6.45. The molecule has 0 aliphatic carbocycles. The van der Waals surface area contributed by atoms with Crippen molar-refractivity contribution in [3.05, 3.63) is 59.4 Å². The molecule has 0 bridgehead atoms. The number of hydrogen-bond donors (Lipinski definition) is 1. The molecule has 2 heterocycles. The molecule has 128 valence electrons. The Balaban J connectivity index is 2.04. The van der Waals surface area contributed by atoms with Crippen LogP contribution in [0, 0.1) is 0 Å². The minimum atomic E-state index is -0.133. The van der Waals surface area contributed by atoms with Crippen LogP contribution in [0.1, 0.15) is 10.4 Å². The molecular weight excluding hydrogens is 336 g/mol. The number of nitrogens with zero attached hydrogens (tertiary/aromatic N) is 3. The first kappa shape index (κ1) is 17.3. The predicted molar refractivity (Wildman–Crippen MR) is 101 cm³/mol. The molecule has 0 saturated heterocycles. The van der Waals surface area contributed by atoms with Gasteiger partial charge in [-0.2, -0.15) is 0 Å².